The number of rotatable bonds is 4. The van der Waals surface area contributed by atoms with Gasteiger partial charge in [0.05, 0.1) is 28.0 Å². The highest BCUT2D eigenvalue weighted by Crippen LogP contribution is 2.25. The molecule has 0 radical (unpaired) electrons. The van der Waals surface area contributed by atoms with Crippen molar-refractivity contribution in [1.29, 1.82) is 0 Å². The number of nitrogens with zero attached hydrogens (tertiary/aromatic N) is 3. The number of thiazole rings is 1. The van der Waals surface area contributed by atoms with E-state index in [0.717, 1.165) is 69.8 Å². The van der Waals surface area contributed by atoms with Crippen LogP contribution in [-0.2, 0) is 32.5 Å². The predicted octanol–water partition coefficient (Wildman–Crippen LogP) is 2.97. The molecule has 0 fully saturated rings. The molecule has 2 aromatic heterocycles. The normalized spacial score (nSPS) is 17.4. The van der Waals surface area contributed by atoms with Gasteiger partial charge in [0.25, 0.3) is 11.5 Å². The Kier molecular flexibility index (Phi) is 5.91. The molecule has 2 N–H and O–H groups in total. The van der Waals surface area contributed by atoms with Gasteiger partial charge in [0, 0.05) is 30.5 Å². The van der Waals surface area contributed by atoms with E-state index in [9.17, 15) is 9.59 Å². The molecule has 1 amide bonds. The van der Waals surface area contributed by atoms with Gasteiger partial charge < -0.3 is 4.90 Å². The van der Waals surface area contributed by atoms with Crippen LogP contribution in [0.4, 0.5) is 5.13 Å². The molecule has 7 nitrogen and oxygen atoms in total. The number of quaternary nitrogens is 1. The standard InChI is InChI=1S/C27H27N5O2S/c33-25(19-10-11-20-22(15-19)28-24-9-5-2-6-13-32(24)26(20)34)30-27-29-21-12-14-31(17-23(21)35-27)16-18-7-3-1-4-8-18/h1,3-4,7-8,10-11,15H,2,5-6,9,12-14,16-17H2,(H,29,30,33)/p+1. The number of amides is 1. The third kappa shape index (κ3) is 4.51. The minimum Gasteiger partial charge on any atom is -0.326 e. The van der Waals surface area contributed by atoms with Gasteiger partial charge in [-0.15, -0.1) is 0 Å². The summed E-state index contributed by atoms with van der Waals surface area (Å²) < 4.78 is 1.80. The van der Waals surface area contributed by atoms with Gasteiger partial charge in [-0.1, -0.05) is 48.1 Å². The van der Waals surface area contributed by atoms with Gasteiger partial charge in [0.1, 0.15) is 18.9 Å². The average molecular weight is 487 g/mol. The van der Waals surface area contributed by atoms with Crippen LogP contribution in [0.15, 0.2) is 53.3 Å². The lowest BCUT2D eigenvalue weighted by molar-refractivity contribution is -0.929. The first-order valence-corrected chi connectivity index (χ1v) is 13.2. The summed E-state index contributed by atoms with van der Waals surface area (Å²) in [6, 6.07) is 15.7. The number of hydrogen-bond acceptors (Lipinski definition) is 5. The average Bonchev–Trinajstić information content (AvgIpc) is 3.11. The maximum Gasteiger partial charge on any atom is 0.261 e. The second-order valence-corrected chi connectivity index (χ2v) is 10.5. The highest BCUT2D eigenvalue weighted by molar-refractivity contribution is 7.15. The second-order valence-electron chi connectivity index (χ2n) is 9.46. The summed E-state index contributed by atoms with van der Waals surface area (Å²) >= 11 is 1.57. The molecule has 0 spiro atoms. The molecule has 1 atom stereocenters. The van der Waals surface area contributed by atoms with Crippen LogP contribution in [0.1, 0.15) is 51.6 Å². The predicted molar refractivity (Wildman–Crippen MR) is 137 cm³/mol. The van der Waals surface area contributed by atoms with E-state index in [1.54, 1.807) is 34.1 Å². The van der Waals surface area contributed by atoms with Gasteiger partial charge in [-0.2, -0.15) is 0 Å². The van der Waals surface area contributed by atoms with E-state index in [1.165, 1.54) is 15.3 Å². The third-order valence-electron chi connectivity index (χ3n) is 7.00. The zero-order valence-corrected chi connectivity index (χ0v) is 20.4. The zero-order chi connectivity index (χ0) is 23.8. The number of aryl methyl sites for hydroxylation is 1. The van der Waals surface area contributed by atoms with Crippen LogP contribution < -0.4 is 15.8 Å². The van der Waals surface area contributed by atoms with Crippen LogP contribution in [0.3, 0.4) is 0 Å². The Morgan fingerprint density at radius 2 is 1.94 bits per heavy atom. The fraction of sp³-hybridized carbons (Fsp3) is 0.333. The van der Waals surface area contributed by atoms with Crippen molar-refractivity contribution in [2.45, 2.75) is 51.7 Å². The van der Waals surface area contributed by atoms with Gasteiger partial charge in [-0.3, -0.25) is 19.5 Å². The maximum absolute atomic E-state index is 13.0. The Bertz CT molecular complexity index is 1460. The molecule has 178 valence electrons. The summed E-state index contributed by atoms with van der Waals surface area (Å²) in [5.41, 5.74) is 3.51. The largest absolute Gasteiger partial charge is 0.326 e. The molecule has 2 aliphatic heterocycles. The fourth-order valence-electron chi connectivity index (χ4n) is 5.15. The Morgan fingerprint density at radius 1 is 1.06 bits per heavy atom. The van der Waals surface area contributed by atoms with E-state index >= 15 is 0 Å². The van der Waals surface area contributed by atoms with Crippen LogP contribution in [-0.4, -0.2) is 27.0 Å². The van der Waals surface area contributed by atoms with Crippen LogP contribution in [0, 0.1) is 0 Å². The lowest BCUT2D eigenvalue weighted by Gasteiger charge is -2.22. The summed E-state index contributed by atoms with van der Waals surface area (Å²) in [6.45, 7) is 3.67. The van der Waals surface area contributed by atoms with E-state index in [1.807, 2.05) is 6.07 Å². The van der Waals surface area contributed by atoms with Crippen molar-refractivity contribution in [3.8, 4) is 0 Å². The van der Waals surface area contributed by atoms with Crippen molar-refractivity contribution in [1.82, 2.24) is 14.5 Å². The van der Waals surface area contributed by atoms with Crippen molar-refractivity contribution in [3.63, 3.8) is 0 Å². The van der Waals surface area contributed by atoms with Crippen LogP contribution in [0.5, 0.6) is 0 Å². The first kappa shape index (κ1) is 22.1. The molecule has 35 heavy (non-hydrogen) atoms. The van der Waals surface area contributed by atoms with Gasteiger partial charge in [-0.25, -0.2) is 9.97 Å². The van der Waals surface area contributed by atoms with E-state index in [-0.39, 0.29) is 11.5 Å². The van der Waals surface area contributed by atoms with Crippen molar-refractivity contribution in [3.05, 3.63) is 86.4 Å². The fourth-order valence-corrected chi connectivity index (χ4v) is 6.22. The number of anilines is 1. The smallest absolute Gasteiger partial charge is 0.261 e. The highest BCUT2D eigenvalue weighted by Gasteiger charge is 2.24. The lowest BCUT2D eigenvalue weighted by atomic mass is 10.1. The minimum absolute atomic E-state index is 0.00554. The Hall–Kier alpha value is -3.36. The minimum atomic E-state index is -0.219. The quantitative estimate of drug-likeness (QED) is 0.465. The molecule has 2 aliphatic rings. The van der Waals surface area contributed by atoms with E-state index in [0.29, 0.717) is 21.6 Å². The summed E-state index contributed by atoms with van der Waals surface area (Å²) in [4.78, 5) is 38.2. The molecule has 4 aromatic rings. The van der Waals surface area contributed by atoms with Gasteiger partial charge >= 0.3 is 0 Å². The summed E-state index contributed by atoms with van der Waals surface area (Å²) in [5, 5.41) is 4.18. The lowest BCUT2D eigenvalue weighted by Crippen LogP contribution is -3.10. The monoisotopic (exact) mass is 486 g/mol. The van der Waals surface area contributed by atoms with Gasteiger partial charge in [0.15, 0.2) is 5.13 Å². The zero-order valence-electron chi connectivity index (χ0n) is 19.5. The number of carbonyl (C=O) groups excluding carboxylic acids is 1. The molecule has 0 aliphatic carbocycles. The SMILES string of the molecule is O=C(Nc1nc2c(s1)C[NH+](Cc1ccccc1)CC2)c1ccc2c(=O)n3c(nc2c1)CCCCC3. The van der Waals surface area contributed by atoms with Crippen molar-refractivity contribution in [2.24, 2.45) is 0 Å². The molecular formula is C27H28N5O2S+. The number of fused-ring (bicyclic) bond motifs is 3. The topological polar surface area (TPSA) is 81.3 Å². The van der Waals surface area contributed by atoms with E-state index < -0.39 is 0 Å². The van der Waals surface area contributed by atoms with Crippen LogP contribution in [0.2, 0.25) is 0 Å². The van der Waals surface area contributed by atoms with E-state index in [4.69, 9.17) is 9.97 Å². The number of benzene rings is 2. The van der Waals surface area contributed by atoms with Gasteiger partial charge in [-0.05, 0) is 31.0 Å². The molecule has 2 aromatic carbocycles. The summed E-state index contributed by atoms with van der Waals surface area (Å²) in [6.07, 6.45) is 4.87. The first-order chi connectivity index (χ1) is 17.1. The van der Waals surface area contributed by atoms with Gasteiger partial charge in [0.2, 0.25) is 0 Å². The number of hydrogen-bond donors (Lipinski definition) is 2. The molecule has 1 unspecified atom stereocenters. The molecule has 8 heteroatoms. The number of carbonyl (C=O) groups is 1. The Labute approximate surface area is 207 Å². The third-order valence-corrected chi connectivity index (χ3v) is 8.01. The highest BCUT2D eigenvalue weighted by atomic mass is 32.1. The Balaban J connectivity index is 1.19. The molecule has 0 saturated carbocycles. The van der Waals surface area contributed by atoms with Crippen molar-refractivity contribution in [2.75, 3.05) is 11.9 Å². The summed E-state index contributed by atoms with van der Waals surface area (Å²) in [5.74, 6) is 0.607. The second kappa shape index (κ2) is 9.36. The molecule has 4 heterocycles. The molecule has 6 rings (SSSR count). The maximum atomic E-state index is 13.0. The number of aromatic nitrogens is 3. The first-order valence-electron chi connectivity index (χ1n) is 12.3. The molecular weight excluding hydrogens is 458 g/mol. The Morgan fingerprint density at radius 3 is 2.83 bits per heavy atom. The van der Waals surface area contributed by atoms with Crippen LogP contribution in [0.25, 0.3) is 10.9 Å². The van der Waals surface area contributed by atoms with Crippen molar-refractivity contribution >= 4 is 33.3 Å². The number of nitrogens with one attached hydrogen (secondary N) is 2. The van der Waals surface area contributed by atoms with E-state index in [2.05, 4.69) is 29.6 Å². The molecule has 0 bridgehead atoms. The van der Waals surface area contributed by atoms with Crippen molar-refractivity contribution < 1.29 is 9.69 Å². The summed E-state index contributed by atoms with van der Waals surface area (Å²) in [7, 11) is 0. The molecule has 0 saturated heterocycles. The van der Waals surface area contributed by atoms with Crippen LogP contribution >= 0.6 is 11.3 Å².